The highest BCUT2D eigenvalue weighted by molar-refractivity contribution is 7.92. The lowest BCUT2D eigenvalue weighted by molar-refractivity contribution is 0.0940. The number of sulfonamides is 1. The topological polar surface area (TPSA) is 75.3 Å². The van der Waals surface area contributed by atoms with Gasteiger partial charge in [-0.05, 0) is 44.0 Å². The molecule has 2 aromatic carbocycles. The van der Waals surface area contributed by atoms with Gasteiger partial charge in [-0.2, -0.15) is 0 Å². The molecule has 0 aromatic heterocycles. The third kappa shape index (κ3) is 4.58. The smallest absolute Gasteiger partial charge is 0.253 e. The summed E-state index contributed by atoms with van der Waals surface area (Å²) in [6, 6.07) is 12.4. The zero-order valence-corrected chi connectivity index (χ0v) is 15.1. The Morgan fingerprint density at radius 1 is 1.08 bits per heavy atom. The largest absolute Gasteiger partial charge is 0.345 e. The van der Waals surface area contributed by atoms with Crippen molar-refractivity contribution < 1.29 is 13.2 Å². The number of benzene rings is 2. The molecule has 0 saturated heterocycles. The van der Waals surface area contributed by atoms with E-state index in [4.69, 9.17) is 0 Å². The predicted octanol–water partition coefficient (Wildman–Crippen LogP) is 3.17. The van der Waals surface area contributed by atoms with Crippen molar-refractivity contribution >= 4 is 21.6 Å². The van der Waals surface area contributed by atoms with Crippen LogP contribution in [0.25, 0.3) is 0 Å². The van der Waals surface area contributed by atoms with Gasteiger partial charge in [-0.15, -0.1) is 0 Å². The standard InChI is InChI=1S/C18H22N2O3S/c1-12-9-10-13(2)16(11-12)14(3)19-18(21)15-7-5-6-8-17(15)20-24(4,22)23/h5-11,14,20H,1-4H3,(H,19,21)/t14-/m1/s1. The number of hydrogen-bond acceptors (Lipinski definition) is 3. The van der Waals surface area contributed by atoms with Gasteiger partial charge in [0.1, 0.15) is 0 Å². The van der Waals surface area contributed by atoms with Crippen molar-refractivity contribution in [2.24, 2.45) is 0 Å². The molecule has 5 nitrogen and oxygen atoms in total. The summed E-state index contributed by atoms with van der Waals surface area (Å²) in [4.78, 5) is 12.6. The van der Waals surface area contributed by atoms with Crippen LogP contribution in [0.3, 0.4) is 0 Å². The maximum atomic E-state index is 12.6. The second kappa shape index (κ2) is 7.05. The highest BCUT2D eigenvalue weighted by Crippen LogP contribution is 2.21. The molecule has 0 heterocycles. The van der Waals surface area contributed by atoms with Crippen molar-refractivity contribution in [3.63, 3.8) is 0 Å². The molecule has 24 heavy (non-hydrogen) atoms. The molecule has 0 radical (unpaired) electrons. The van der Waals surface area contributed by atoms with Crippen LogP contribution in [0.2, 0.25) is 0 Å². The summed E-state index contributed by atoms with van der Waals surface area (Å²) < 4.78 is 25.3. The number of carbonyl (C=O) groups is 1. The molecule has 0 unspecified atom stereocenters. The molecular weight excluding hydrogens is 324 g/mol. The van der Waals surface area contributed by atoms with Crippen LogP contribution >= 0.6 is 0 Å². The Morgan fingerprint density at radius 3 is 2.42 bits per heavy atom. The molecule has 2 N–H and O–H groups in total. The molecule has 0 aliphatic rings. The van der Waals surface area contributed by atoms with Crippen LogP contribution in [0.4, 0.5) is 5.69 Å². The molecule has 0 spiro atoms. The Bertz CT molecular complexity index is 860. The van der Waals surface area contributed by atoms with Crippen molar-refractivity contribution in [1.29, 1.82) is 0 Å². The van der Waals surface area contributed by atoms with Crippen molar-refractivity contribution in [1.82, 2.24) is 5.32 Å². The fraction of sp³-hybridized carbons (Fsp3) is 0.278. The first-order valence-electron chi connectivity index (χ1n) is 7.62. The molecule has 6 heteroatoms. The lowest BCUT2D eigenvalue weighted by Crippen LogP contribution is -2.28. The van der Waals surface area contributed by atoms with Gasteiger partial charge in [0, 0.05) is 0 Å². The molecule has 2 rings (SSSR count). The zero-order valence-electron chi connectivity index (χ0n) is 14.3. The molecular formula is C18H22N2O3S. The van der Waals surface area contributed by atoms with E-state index in [-0.39, 0.29) is 17.6 Å². The lowest BCUT2D eigenvalue weighted by atomic mass is 9.99. The minimum Gasteiger partial charge on any atom is -0.345 e. The third-order valence-corrected chi connectivity index (χ3v) is 4.31. The molecule has 0 bridgehead atoms. The highest BCUT2D eigenvalue weighted by atomic mass is 32.2. The van der Waals surface area contributed by atoms with Gasteiger partial charge in [0.05, 0.1) is 23.5 Å². The van der Waals surface area contributed by atoms with Crippen molar-refractivity contribution in [3.8, 4) is 0 Å². The minimum absolute atomic E-state index is 0.191. The average molecular weight is 346 g/mol. The first-order chi connectivity index (χ1) is 11.2. The number of nitrogens with one attached hydrogen (secondary N) is 2. The van der Waals surface area contributed by atoms with Crippen LogP contribution < -0.4 is 10.0 Å². The number of rotatable bonds is 5. The Labute approximate surface area is 143 Å². The zero-order chi connectivity index (χ0) is 17.9. The molecule has 1 amide bonds. The summed E-state index contributed by atoms with van der Waals surface area (Å²) in [5.74, 6) is -0.324. The van der Waals surface area contributed by atoms with Crippen molar-refractivity contribution in [2.75, 3.05) is 11.0 Å². The number of anilines is 1. The first-order valence-corrected chi connectivity index (χ1v) is 9.51. The van der Waals surface area contributed by atoms with E-state index >= 15 is 0 Å². The Kier molecular flexibility index (Phi) is 5.29. The van der Waals surface area contributed by atoms with Gasteiger partial charge < -0.3 is 5.32 Å². The Balaban J connectivity index is 2.25. The molecule has 0 aliphatic carbocycles. The molecule has 0 aliphatic heterocycles. The van der Waals surface area contributed by atoms with Gasteiger partial charge in [0.15, 0.2) is 0 Å². The molecule has 2 aromatic rings. The maximum absolute atomic E-state index is 12.6. The Hall–Kier alpha value is -2.34. The van der Waals surface area contributed by atoms with Crippen LogP contribution in [0.5, 0.6) is 0 Å². The fourth-order valence-corrected chi connectivity index (χ4v) is 3.13. The van der Waals surface area contributed by atoms with E-state index < -0.39 is 10.0 Å². The molecule has 128 valence electrons. The van der Waals surface area contributed by atoms with Gasteiger partial charge in [-0.1, -0.05) is 35.9 Å². The normalized spacial score (nSPS) is 12.5. The number of carbonyl (C=O) groups excluding carboxylic acids is 1. The second-order valence-corrected chi connectivity index (χ2v) is 7.72. The van der Waals surface area contributed by atoms with Gasteiger partial charge in [-0.25, -0.2) is 8.42 Å². The van der Waals surface area contributed by atoms with Crippen LogP contribution in [-0.4, -0.2) is 20.6 Å². The lowest BCUT2D eigenvalue weighted by Gasteiger charge is -2.18. The number of hydrogen-bond donors (Lipinski definition) is 2. The monoisotopic (exact) mass is 346 g/mol. The van der Waals surface area contributed by atoms with E-state index in [0.29, 0.717) is 5.56 Å². The van der Waals surface area contributed by atoms with Crippen molar-refractivity contribution in [3.05, 3.63) is 64.7 Å². The molecule has 1 atom stereocenters. The van der Waals surface area contributed by atoms with Gasteiger partial charge in [0.2, 0.25) is 10.0 Å². The van der Waals surface area contributed by atoms with Gasteiger partial charge >= 0.3 is 0 Å². The van der Waals surface area contributed by atoms with Crippen LogP contribution in [-0.2, 0) is 10.0 Å². The highest BCUT2D eigenvalue weighted by Gasteiger charge is 2.17. The van der Waals surface area contributed by atoms with Gasteiger partial charge in [-0.3, -0.25) is 9.52 Å². The fourth-order valence-electron chi connectivity index (χ4n) is 2.55. The predicted molar refractivity (Wildman–Crippen MR) is 96.7 cm³/mol. The number of amides is 1. The SMILES string of the molecule is Cc1ccc(C)c([C@@H](C)NC(=O)c2ccccc2NS(C)(=O)=O)c1. The van der Waals surface area contributed by atoms with Crippen LogP contribution in [0.15, 0.2) is 42.5 Å². The van der Waals surface area contributed by atoms with E-state index in [0.717, 1.165) is 22.9 Å². The average Bonchev–Trinajstić information content (AvgIpc) is 2.48. The van der Waals surface area contributed by atoms with Crippen LogP contribution in [0.1, 0.15) is 40.0 Å². The van der Waals surface area contributed by atoms with Crippen LogP contribution in [0, 0.1) is 13.8 Å². The minimum atomic E-state index is -3.46. The summed E-state index contributed by atoms with van der Waals surface area (Å²) in [7, 11) is -3.46. The van der Waals surface area contributed by atoms with Crippen molar-refractivity contribution in [2.45, 2.75) is 26.8 Å². The maximum Gasteiger partial charge on any atom is 0.253 e. The van der Waals surface area contributed by atoms with E-state index in [2.05, 4.69) is 10.0 Å². The summed E-state index contributed by atoms with van der Waals surface area (Å²) in [6.45, 7) is 5.91. The van der Waals surface area contributed by atoms with Gasteiger partial charge in [0.25, 0.3) is 5.91 Å². The summed E-state index contributed by atoms with van der Waals surface area (Å²) in [5.41, 5.74) is 3.81. The van der Waals surface area contributed by atoms with E-state index in [1.807, 2.05) is 39.0 Å². The molecule has 0 saturated carbocycles. The quantitative estimate of drug-likeness (QED) is 0.873. The molecule has 0 fully saturated rings. The number of para-hydroxylation sites is 1. The second-order valence-electron chi connectivity index (χ2n) is 5.98. The Morgan fingerprint density at radius 2 is 1.75 bits per heavy atom. The van der Waals surface area contributed by atoms with E-state index in [1.54, 1.807) is 24.3 Å². The third-order valence-electron chi connectivity index (χ3n) is 3.72. The summed E-state index contributed by atoms with van der Waals surface area (Å²) in [5, 5.41) is 2.93. The van der Waals surface area contributed by atoms with E-state index in [1.165, 1.54) is 0 Å². The summed E-state index contributed by atoms with van der Waals surface area (Å²) >= 11 is 0. The number of aryl methyl sites for hydroxylation is 2. The summed E-state index contributed by atoms with van der Waals surface area (Å²) in [6.07, 6.45) is 1.06. The first kappa shape index (κ1) is 18.0. The van der Waals surface area contributed by atoms with E-state index in [9.17, 15) is 13.2 Å².